The van der Waals surface area contributed by atoms with Gasteiger partial charge in [-0.15, -0.1) is 0 Å². The molecule has 0 radical (unpaired) electrons. The summed E-state index contributed by atoms with van der Waals surface area (Å²) in [6.07, 6.45) is 6.61. The first kappa shape index (κ1) is 16.4. The highest BCUT2D eigenvalue weighted by Crippen LogP contribution is 2.24. The van der Waals surface area contributed by atoms with Gasteiger partial charge in [0.05, 0.1) is 6.61 Å². The Bertz CT molecular complexity index is 189. The van der Waals surface area contributed by atoms with Gasteiger partial charge in [0.1, 0.15) is 0 Å². The fourth-order valence-corrected chi connectivity index (χ4v) is 2.26. The van der Waals surface area contributed by atoms with Crippen molar-refractivity contribution in [1.29, 1.82) is 0 Å². The quantitative estimate of drug-likeness (QED) is 0.742. The van der Waals surface area contributed by atoms with E-state index in [1.165, 1.54) is 32.1 Å². The first-order chi connectivity index (χ1) is 8.24. The molecule has 0 saturated heterocycles. The average molecular weight is 243 g/mol. The third kappa shape index (κ3) is 7.37. The molecule has 0 unspecified atom stereocenters. The van der Waals surface area contributed by atoms with E-state index in [0.29, 0.717) is 6.61 Å². The molecule has 17 heavy (non-hydrogen) atoms. The van der Waals surface area contributed by atoms with Crippen molar-refractivity contribution in [3.05, 3.63) is 0 Å². The van der Waals surface area contributed by atoms with Crippen molar-refractivity contribution in [2.24, 2.45) is 5.92 Å². The molecule has 1 amide bonds. The van der Waals surface area contributed by atoms with Gasteiger partial charge in [0.25, 0.3) is 0 Å². The van der Waals surface area contributed by atoms with Crippen LogP contribution in [-0.4, -0.2) is 37.6 Å². The summed E-state index contributed by atoms with van der Waals surface area (Å²) >= 11 is 0. The second kappa shape index (κ2) is 10.6. The minimum atomic E-state index is 0.178. The lowest BCUT2D eigenvalue weighted by Crippen LogP contribution is -2.36. The molecule has 0 spiro atoms. The highest BCUT2D eigenvalue weighted by atomic mass is 16.5. The Kier molecular flexibility index (Phi) is 10.2. The number of nitrogens with zero attached hydrogens (tertiary/aromatic N) is 1. The van der Waals surface area contributed by atoms with Crippen LogP contribution >= 0.6 is 0 Å². The summed E-state index contributed by atoms with van der Waals surface area (Å²) in [5.74, 6) is 0.900. The van der Waals surface area contributed by atoms with Gasteiger partial charge in [0, 0.05) is 27.1 Å². The topological polar surface area (TPSA) is 29.5 Å². The van der Waals surface area contributed by atoms with E-state index in [9.17, 15) is 4.79 Å². The molecule has 3 heteroatoms. The molecular weight excluding hydrogens is 214 g/mol. The zero-order valence-electron chi connectivity index (χ0n) is 12.0. The number of ether oxygens (including phenoxy) is 1. The van der Waals surface area contributed by atoms with Crippen LogP contribution in [0.1, 0.15) is 52.9 Å². The van der Waals surface area contributed by atoms with Crippen molar-refractivity contribution in [3.63, 3.8) is 0 Å². The van der Waals surface area contributed by atoms with Crippen LogP contribution < -0.4 is 0 Å². The normalized spacial score (nSPS) is 16.0. The molecule has 0 aromatic rings. The third-order valence-corrected chi connectivity index (χ3v) is 3.21. The van der Waals surface area contributed by atoms with Crippen LogP contribution in [0.2, 0.25) is 0 Å². The molecular formula is C14H29NO2. The lowest BCUT2D eigenvalue weighted by molar-refractivity contribution is -0.130. The van der Waals surface area contributed by atoms with E-state index in [1.807, 2.05) is 18.7 Å². The summed E-state index contributed by atoms with van der Waals surface area (Å²) in [6, 6.07) is 0. The maximum absolute atomic E-state index is 11.4. The van der Waals surface area contributed by atoms with Crippen molar-refractivity contribution in [3.8, 4) is 0 Å². The van der Waals surface area contributed by atoms with Crippen LogP contribution in [0.15, 0.2) is 0 Å². The van der Waals surface area contributed by atoms with Gasteiger partial charge >= 0.3 is 0 Å². The molecule has 0 N–H and O–H groups in total. The lowest BCUT2D eigenvalue weighted by Gasteiger charge is -2.28. The first-order valence-corrected chi connectivity index (χ1v) is 6.98. The van der Waals surface area contributed by atoms with E-state index in [1.54, 1.807) is 14.0 Å². The number of methoxy groups -OCH3 is 1. The average Bonchev–Trinajstić information content (AvgIpc) is 2.38. The van der Waals surface area contributed by atoms with Crippen molar-refractivity contribution in [2.45, 2.75) is 52.9 Å². The molecule has 1 rings (SSSR count). The van der Waals surface area contributed by atoms with E-state index in [-0.39, 0.29) is 5.91 Å². The van der Waals surface area contributed by atoms with Crippen LogP contribution in [0.25, 0.3) is 0 Å². The van der Waals surface area contributed by atoms with Gasteiger partial charge in [-0.1, -0.05) is 33.1 Å². The van der Waals surface area contributed by atoms with E-state index >= 15 is 0 Å². The third-order valence-electron chi connectivity index (χ3n) is 3.21. The zero-order chi connectivity index (χ0) is 13.1. The molecule has 1 aliphatic rings. The van der Waals surface area contributed by atoms with Crippen LogP contribution in [0.4, 0.5) is 0 Å². The number of hydrogen-bond acceptors (Lipinski definition) is 2. The SMILES string of the molecule is CC.COCCN(CC1CCCCC1)C(C)=O. The molecule has 3 nitrogen and oxygen atoms in total. The number of carbonyl (C=O) groups is 1. The van der Waals surface area contributed by atoms with Crippen molar-refractivity contribution >= 4 is 5.91 Å². The minimum Gasteiger partial charge on any atom is -0.383 e. The Labute approximate surface area is 107 Å². The van der Waals surface area contributed by atoms with E-state index in [2.05, 4.69) is 0 Å². The van der Waals surface area contributed by atoms with Crippen LogP contribution in [-0.2, 0) is 9.53 Å². The van der Waals surface area contributed by atoms with Gasteiger partial charge in [-0.05, 0) is 18.8 Å². The van der Waals surface area contributed by atoms with Crippen LogP contribution in [0.3, 0.4) is 0 Å². The van der Waals surface area contributed by atoms with Crippen molar-refractivity contribution in [2.75, 3.05) is 26.8 Å². The second-order valence-electron chi connectivity index (χ2n) is 4.46. The first-order valence-electron chi connectivity index (χ1n) is 6.98. The number of amides is 1. The lowest BCUT2D eigenvalue weighted by atomic mass is 9.89. The Balaban J connectivity index is 0.00000121. The zero-order valence-corrected chi connectivity index (χ0v) is 12.0. The van der Waals surface area contributed by atoms with Crippen LogP contribution in [0, 0.1) is 5.92 Å². The van der Waals surface area contributed by atoms with Crippen LogP contribution in [0.5, 0.6) is 0 Å². The summed E-state index contributed by atoms with van der Waals surface area (Å²) in [4.78, 5) is 13.3. The Morgan fingerprint density at radius 1 is 1.24 bits per heavy atom. The summed E-state index contributed by atoms with van der Waals surface area (Å²) < 4.78 is 5.02. The molecule has 1 fully saturated rings. The molecule has 102 valence electrons. The fraction of sp³-hybridized carbons (Fsp3) is 0.929. The molecule has 1 aliphatic carbocycles. The fourth-order valence-electron chi connectivity index (χ4n) is 2.26. The summed E-state index contributed by atoms with van der Waals surface area (Å²) in [5.41, 5.74) is 0. The predicted molar refractivity (Wildman–Crippen MR) is 72.1 cm³/mol. The van der Waals surface area contributed by atoms with Gasteiger partial charge in [-0.25, -0.2) is 0 Å². The largest absolute Gasteiger partial charge is 0.383 e. The molecule has 0 bridgehead atoms. The highest BCUT2D eigenvalue weighted by molar-refractivity contribution is 5.73. The Morgan fingerprint density at radius 3 is 2.29 bits per heavy atom. The summed E-state index contributed by atoms with van der Waals surface area (Å²) in [7, 11) is 1.68. The second-order valence-corrected chi connectivity index (χ2v) is 4.46. The monoisotopic (exact) mass is 243 g/mol. The minimum absolute atomic E-state index is 0.178. The smallest absolute Gasteiger partial charge is 0.219 e. The van der Waals surface area contributed by atoms with Gasteiger partial charge in [-0.2, -0.15) is 0 Å². The maximum atomic E-state index is 11.4. The van der Waals surface area contributed by atoms with E-state index in [4.69, 9.17) is 4.74 Å². The molecule has 0 aromatic carbocycles. The number of rotatable bonds is 5. The van der Waals surface area contributed by atoms with Gasteiger partial charge in [0.15, 0.2) is 0 Å². The summed E-state index contributed by atoms with van der Waals surface area (Å²) in [6.45, 7) is 7.96. The standard InChI is InChI=1S/C12H23NO2.C2H6/c1-11(14)13(8-9-15-2)10-12-6-4-3-5-7-12;1-2/h12H,3-10H2,1-2H3;1-2H3. The maximum Gasteiger partial charge on any atom is 0.219 e. The number of hydrogen-bond donors (Lipinski definition) is 0. The van der Waals surface area contributed by atoms with Gasteiger partial charge in [-0.3, -0.25) is 4.79 Å². The van der Waals surface area contributed by atoms with E-state index < -0.39 is 0 Å². The molecule has 0 aromatic heterocycles. The highest BCUT2D eigenvalue weighted by Gasteiger charge is 2.18. The molecule has 1 saturated carbocycles. The molecule has 0 heterocycles. The van der Waals surface area contributed by atoms with E-state index in [0.717, 1.165) is 19.0 Å². The number of carbonyl (C=O) groups excluding carboxylic acids is 1. The Morgan fingerprint density at radius 2 is 1.82 bits per heavy atom. The van der Waals surface area contributed by atoms with Crippen molar-refractivity contribution in [1.82, 2.24) is 4.90 Å². The molecule has 0 atom stereocenters. The van der Waals surface area contributed by atoms with Crippen molar-refractivity contribution < 1.29 is 9.53 Å². The predicted octanol–water partition coefficient (Wildman–Crippen LogP) is 3.09. The van der Waals surface area contributed by atoms with Gasteiger partial charge in [0.2, 0.25) is 5.91 Å². The summed E-state index contributed by atoms with van der Waals surface area (Å²) in [5, 5.41) is 0. The van der Waals surface area contributed by atoms with Gasteiger partial charge < -0.3 is 9.64 Å². The molecule has 0 aliphatic heterocycles. The Hall–Kier alpha value is -0.570.